The molecule has 148 valence electrons. The van der Waals surface area contributed by atoms with Crippen LogP contribution in [0.5, 0.6) is 0 Å². The van der Waals surface area contributed by atoms with E-state index in [4.69, 9.17) is 0 Å². The van der Waals surface area contributed by atoms with E-state index in [9.17, 15) is 12.8 Å². The second-order valence-electron chi connectivity index (χ2n) is 7.47. The summed E-state index contributed by atoms with van der Waals surface area (Å²) >= 11 is 0. The Hall–Kier alpha value is -2.54. The van der Waals surface area contributed by atoms with Crippen molar-refractivity contribution < 1.29 is 12.8 Å². The van der Waals surface area contributed by atoms with Crippen LogP contribution in [0.3, 0.4) is 0 Å². The number of sulfonamides is 1. The zero-order chi connectivity index (χ0) is 20.0. The van der Waals surface area contributed by atoms with Gasteiger partial charge < -0.3 is 0 Å². The monoisotopic (exact) mass is 408 g/mol. The van der Waals surface area contributed by atoms with Gasteiger partial charge in [-0.15, -0.1) is 0 Å². The third-order valence-corrected chi connectivity index (χ3v) is 7.80. The standard InChI is InChI=1S/C23H21FN2O2S/c24-17-9-11-18(12-10-17)29(27,28)26-15-13-25(14-16-26)23-21-7-3-1-5-19(21)20-6-2-4-8-22(20)23/h1-12,23H,13-16H2. The summed E-state index contributed by atoms with van der Waals surface area (Å²) in [6, 6.07) is 22.1. The van der Waals surface area contributed by atoms with E-state index in [1.807, 2.05) is 0 Å². The summed E-state index contributed by atoms with van der Waals surface area (Å²) in [5.74, 6) is -0.438. The highest BCUT2D eigenvalue weighted by Crippen LogP contribution is 2.46. The molecule has 0 saturated carbocycles. The van der Waals surface area contributed by atoms with Gasteiger partial charge in [0.15, 0.2) is 0 Å². The number of hydrogen-bond donors (Lipinski definition) is 0. The van der Waals surface area contributed by atoms with Crippen LogP contribution < -0.4 is 0 Å². The van der Waals surface area contributed by atoms with Crippen molar-refractivity contribution in [3.8, 4) is 11.1 Å². The first-order chi connectivity index (χ1) is 14.1. The van der Waals surface area contributed by atoms with Crippen molar-refractivity contribution in [1.82, 2.24) is 9.21 Å². The third-order valence-electron chi connectivity index (χ3n) is 5.89. The Labute approximate surface area is 170 Å². The lowest BCUT2D eigenvalue weighted by Gasteiger charge is -2.38. The van der Waals surface area contributed by atoms with Crippen LogP contribution >= 0.6 is 0 Å². The first-order valence-electron chi connectivity index (χ1n) is 9.74. The number of hydrogen-bond acceptors (Lipinski definition) is 3. The second kappa shape index (κ2) is 7.06. The minimum Gasteiger partial charge on any atom is -0.290 e. The van der Waals surface area contributed by atoms with E-state index in [2.05, 4.69) is 53.4 Å². The predicted octanol–water partition coefficient (Wildman–Crippen LogP) is 3.90. The van der Waals surface area contributed by atoms with Crippen LogP contribution in [0, 0.1) is 5.82 Å². The summed E-state index contributed by atoms with van der Waals surface area (Å²) in [5.41, 5.74) is 5.08. The van der Waals surface area contributed by atoms with Crippen molar-refractivity contribution in [1.29, 1.82) is 0 Å². The van der Waals surface area contributed by atoms with Crippen LogP contribution in [0.2, 0.25) is 0 Å². The molecule has 3 aromatic rings. The Bertz CT molecular complexity index is 1110. The third kappa shape index (κ3) is 3.08. The molecule has 0 atom stereocenters. The highest BCUT2D eigenvalue weighted by Gasteiger charge is 2.36. The molecule has 3 aromatic carbocycles. The largest absolute Gasteiger partial charge is 0.290 e. The molecule has 29 heavy (non-hydrogen) atoms. The maximum atomic E-state index is 13.2. The molecule has 6 heteroatoms. The van der Waals surface area contributed by atoms with Crippen molar-refractivity contribution in [2.24, 2.45) is 0 Å². The van der Waals surface area contributed by atoms with Gasteiger partial charge >= 0.3 is 0 Å². The molecule has 5 rings (SSSR count). The molecular weight excluding hydrogens is 387 g/mol. The topological polar surface area (TPSA) is 40.6 Å². The SMILES string of the molecule is O=S(=O)(c1ccc(F)cc1)N1CCN(C2c3ccccc3-c3ccccc32)CC1. The lowest BCUT2D eigenvalue weighted by Crippen LogP contribution is -2.49. The number of halogens is 1. The molecule has 0 radical (unpaired) electrons. The van der Waals surface area contributed by atoms with Crippen molar-refractivity contribution in [2.45, 2.75) is 10.9 Å². The molecule has 2 aliphatic rings. The highest BCUT2D eigenvalue weighted by atomic mass is 32.2. The van der Waals surface area contributed by atoms with Gasteiger partial charge in [-0.3, -0.25) is 4.90 Å². The Morgan fingerprint density at radius 1 is 0.724 bits per heavy atom. The van der Waals surface area contributed by atoms with E-state index >= 15 is 0 Å². The Kier molecular flexibility index (Phi) is 4.50. The molecule has 1 aliphatic carbocycles. The summed E-state index contributed by atoms with van der Waals surface area (Å²) in [5, 5.41) is 0. The minimum absolute atomic E-state index is 0.143. The van der Waals surface area contributed by atoms with Crippen molar-refractivity contribution in [3.63, 3.8) is 0 Å². The van der Waals surface area contributed by atoms with Gasteiger partial charge in [0, 0.05) is 26.2 Å². The molecular formula is C23H21FN2O2S. The van der Waals surface area contributed by atoms with Gasteiger partial charge in [-0.2, -0.15) is 4.31 Å². The first kappa shape index (κ1) is 18.5. The number of rotatable bonds is 3. The summed E-state index contributed by atoms with van der Waals surface area (Å²) in [4.78, 5) is 2.50. The van der Waals surface area contributed by atoms with Crippen molar-refractivity contribution in [2.75, 3.05) is 26.2 Å². The summed E-state index contributed by atoms with van der Waals surface area (Å²) < 4.78 is 40.5. The Balaban J connectivity index is 1.39. The lowest BCUT2D eigenvalue weighted by atomic mass is 10.0. The fourth-order valence-electron chi connectivity index (χ4n) is 4.48. The van der Waals surface area contributed by atoms with Crippen LogP contribution in [0.25, 0.3) is 11.1 Å². The van der Waals surface area contributed by atoms with Gasteiger partial charge in [-0.1, -0.05) is 48.5 Å². The van der Waals surface area contributed by atoms with Crippen molar-refractivity contribution in [3.05, 3.63) is 89.7 Å². The van der Waals surface area contributed by atoms with Gasteiger partial charge in [0.2, 0.25) is 10.0 Å². The molecule has 1 fully saturated rings. The average molecular weight is 408 g/mol. The molecule has 0 aromatic heterocycles. The molecule has 0 unspecified atom stereocenters. The van der Waals surface area contributed by atoms with Crippen LogP contribution in [-0.4, -0.2) is 43.8 Å². The Morgan fingerprint density at radius 2 is 1.24 bits per heavy atom. The molecule has 0 amide bonds. The van der Waals surface area contributed by atoms with Gasteiger partial charge in [0.25, 0.3) is 0 Å². The zero-order valence-electron chi connectivity index (χ0n) is 15.8. The predicted molar refractivity (Wildman–Crippen MR) is 110 cm³/mol. The minimum atomic E-state index is -3.61. The molecule has 1 aliphatic heterocycles. The van der Waals surface area contributed by atoms with E-state index in [1.165, 1.54) is 50.8 Å². The number of piperazine rings is 1. The van der Waals surface area contributed by atoms with Crippen LogP contribution in [0.15, 0.2) is 77.7 Å². The van der Waals surface area contributed by atoms with E-state index in [-0.39, 0.29) is 10.9 Å². The van der Waals surface area contributed by atoms with E-state index in [0.29, 0.717) is 26.2 Å². The van der Waals surface area contributed by atoms with Crippen LogP contribution in [0.4, 0.5) is 4.39 Å². The molecule has 1 saturated heterocycles. The highest BCUT2D eigenvalue weighted by molar-refractivity contribution is 7.89. The van der Waals surface area contributed by atoms with Crippen molar-refractivity contribution >= 4 is 10.0 Å². The maximum absolute atomic E-state index is 13.2. The van der Waals surface area contributed by atoms with Gasteiger partial charge in [-0.05, 0) is 46.5 Å². The van der Waals surface area contributed by atoms with E-state index < -0.39 is 15.8 Å². The van der Waals surface area contributed by atoms with Gasteiger partial charge in [-0.25, -0.2) is 12.8 Å². The number of benzene rings is 3. The normalized spacial score (nSPS) is 17.8. The first-order valence-corrected chi connectivity index (χ1v) is 11.2. The van der Waals surface area contributed by atoms with Gasteiger partial charge in [0.1, 0.15) is 5.82 Å². The molecule has 0 N–H and O–H groups in total. The summed E-state index contributed by atoms with van der Waals surface area (Å²) in [6.45, 7) is 2.13. The average Bonchev–Trinajstić information content (AvgIpc) is 3.09. The fourth-order valence-corrected chi connectivity index (χ4v) is 5.90. The quantitative estimate of drug-likeness (QED) is 0.660. The van der Waals surface area contributed by atoms with E-state index in [1.54, 1.807) is 0 Å². The molecule has 4 nitrogen and oxygen atoms in total. The lowest BCUT2D eigenvalue weighted by molar-refractivity contribution is 0.158. The van der Waals surface area contributed by atoms with E-state index in [0.717, 1.165) is 0 Å². The van der Waals surface area contributed by atoms with Gasteiger partial charge in [0.05, 0.1) is 10.9 Å². The fraction of sp³-hybridized carbons (Fsp3) is 0.217. The summed E-state index contributed by atoms with van der Waals surface area (Å²) in [6.07, 6.45) is 0. The van der Waals surface area contributed by atoms with Crippen LogP contribution in [0.1, 0.15) is 17.2 Å². The zero-order valence-corrected chi connectivity index (χ0v) is 16.6. The molecule has 0 spiro atoms. The number of nitrogens with zero attached hydrogens (tertiary/aromatic N) is 2. The molecule has 0 bridgehead atoms. The summed E-state index contributed by atoms with van der Waals surface area (Å²) in [7, 11) is -3.61. The number of fused-ring (bicyclic) bond motifs is 3. The second-order valence-corrected chi connectivity index (χ2v) is 9.41. The molecule has 1 heterocycles. The Morgan fingerprint density at radius 3 is 1.79 bits per heavy atom. The smallest absolute Gasteiger partial charge is 0.243 e. The maximum Gasteiger partial charge on any atom is 0.243 e. The van der Waals surface area contributed by atoms with Crippen LogP contribution in [-0.2, 0) is 10.0 Å².